The Kier molecular flexibility index (Phi) is 18.3. The molecule has 0 fully saturated rings. The van der Waals surface area contributed by atoms with Gasteiger partial charge in [0.25, 0.3) is 0 Å². The van der Waals surface area contributed by atoms with Gasteiger partial charge in [0.1, 0.15) is 0 Å². The fraction of sp³-hybridized carbons (Fsp3) is 0.114. The van der Waals surface area contributed by atoms with Gasteiger partial charge in [-0.2, -0.15) is 0 Å². The molecular formula is C140H104. The number of rotatable bonds is 8. The predicted molar refractivity (Wildman–Crippen MR) is 600 cm³/mol. The third-order valence-electron chi connectivity index (χ3n) is 33.1. The van der Waals surface area contributed by atoms with Crippen molar-refractivity contribution in [1.82, 2.24) is 0 Å². The largest absolute Gasteiger partial charge is 0.0619 e. The van der Waals surface area contributed by atoms with Crippen LogP contribution in [0.4, 0.5) is 0 Å². The lowest BCUT2D eigenvalue weighted by molar-refractivity contribution is 0.591. The van der Waals surface area contributed by atoms with E-state index < -0.39 is 0 Å². The molecule has 0 amide bonds. The quantitative estimate of drug-likeness (QED) is 0.133. The average Bonchev–Trinajstić information content (AvgIpc) is 1.47. The first-order chi connectivity index (χ1) is 68.0. The molecule has 0 nitrogen and oxygen atoms in total. The summed E-state index contributed by atoms with van der Waals surface area (Å²) in [5.41, 5.74) is 43.8. The smallest absolute Gasteiger partial charge is 0.0159 e. The van der Waals surface area contributed by atoms with Crippen molar-refractivity contribution in [1.29, 1.82) is 0 Å². The van der Waals surface area contributed by atoms with Crippen LogP contribution in [-0.2, 0) is 27.1 Å². The Balaban J connectivity index is 0.000000108. The first-order valence-electron chi connectivity index (χ1n) is 50.0. The molecule has 0 heterocycles. The third-order valence-corrected chi connectivity index (χ3v) is 33.1. The van der Waals surface area contributed by atoms with E-state index in [2.05, 4.69) is 507 Å². The van der Waals surface area contributed by atoms with Gasteiger partial charge in [-0.05, 0) is 333 Å². The maximum atomic E-state index is 2.46. The summed E-state index contributed by atoms with van der Waals surface area (Å²) in [6.45, 7) is 25.9. The van der Waals surface area contributed by atoms with Gasteiger partial charge in [0.15, 0.2) is 0 Å². The van der Waals surface area contributed by atoms with Crippen LogP contribution in [0.1, 0.15) is 126 Å². The Labute approximate surface area is 819 Å². The van der Waals surface area contributed by atoms with E-state index in [1.165, 1.54) is 291 Å². The second-order valence-corrected chi connectivity index (χ2v) is 43.3. The molecule has 664 valence electrons. The molecule has 0 saturated heterocycles. The van der Waals surface area contributed by atoms with Gasteiger partial charge >= 0.3 is 0 Å². The molecule has 0 unspecified atom stereocenters. The molecule has 0 bridgehead atoms. The van der Waals surface area contributed by atoms with Crippen LogP contribution >= 0.6 is 0 Å². The number of hydrogen-bond donors (Lipinski definition) is 0. The second-order valence-electron chi connectivity index (χ2n) is 43.3. The SMILES string of the molecule is CC(C)(C)c1cc2ccc3ccc(-c4ccc(-c5ccc6c(c5)C(C)(C)c5cc(-c7ccc8c(c7)C(C)(C)c7ccccc7-8)ccc5-6)cc4)c4ccc(c1)c2c34.CC1(C)c2cc(-c3ccc(-c4ccc5ccc6cccc7ccc4c5c67)cc3)ccc2-c2ccc(-c3cccc4ccccc34)cc21.CC1(C)c2ccccc2-c2ccc(-c3ccc(-c4ccc5ccc6cccc7ccc4c5c67)cc3)cc21. The molecule has 0 aliphatic heterocycles. The molecule has 0 aromatic heterocycles. The van der Waals surface area contributed by atoms with Gasteiger partial charge in [-0.15, -0.1) is 0 Å². The topological polar surface area (TPSA) is 0 Å². The van der Waals surface area contributed by atoms with E-state index in [1.807, 2.05) is 0 Å². The molecule has 4 aliphatic rings. The Morgan fingerprint density at radius 3 is 0.714 bits per heavy atom. The van der Waals surface area contributed by atoms with Gasteiger partial charge in [0.2, 0.25) is 0 Å². The zero-order chi connectivity index (χ0) is 94.3. The first-order valence-corrected chi connectivity index (χ1v) is 50.0. The van der Waals surface area contributed by atoms with Crippen LogP contribution in [0, 0.1) is 0 Å². The van der Waals surface area contributed by atoms with Gasteiger partial charge < -0.3 is 0 Å². The molecule has 0 heteroatoms. The summed E-state index contributed by atoms with van der Waals surface area (Å²) in [6.07, 6.45) is 0. The monoisotopic (exact) mass is 1780 g/mol. The fourth-order valence-electron chi connectivity index (χ4n) is 25.4. The van der Waals surface area contributed by atoms with Gasteiger partial charge in [-0.3, -0.25) is 0 Å². The summed E-state index contributed by atoms with van der Waals surface area (Å²) in [5.74, 6) is 0. The third kappa shape index (κ3) is 12.7. The minimum Gasteiger partial charge on any atom is -0.0619 e. The van der Waals surface area contributed by atoms with Crippen molar-refractivity contribution in [3.05, 3.63) is 481 Å². The van der Waals surface area contributed by atoms with Crippen LogP contribution in [-0.4, -0.2) is 0 Å². The summed E-state index contributed by atoms with van der Waals surface area (Å²) < 4.78 is 0. The molecule has 140 heavy (non-hydrogen) atoms. The highest BCUT2D eigenvalue weighted by Crippen LogP contribution is 2.57. The molecule has 0 atom stereocenters. The molecule has 0 saturated carbocycles. The Morgan fingerprint density at radius 2 is 0.350 bits per heavy atom. The van der Waals surface area contributed by atoms with Crippen molar-refractivity contribution in [2.45, 2.75) is 103 Å². The Bertz CT molecular complexity index is 9430. The van der Waals surface area contributed by atoms with Crippen molar-refractivity contribution in [2.75, 3.05) is 0 Å². The molecule has 0 N–H and O–H groups in total. The van der Waals surface area contributed by atoms with Crippen LogP contribution in [0.3, 0.4) is 0 Å². The molecular weight excluding hydrogens is 1680 g/mol. The van der Waals surface area contributed by atoms with Crippen molar-refractivity contribution in [2.24, 2.45) is 0 Å². The van der Waals surface area contributed by atoms with Crippen molar-refractivity contribution < 1.29 is 0 Å². The molecule has 25 aromatic rings. The number of hydrogen-bond acceptors (Lipinski definition) is 0. The predicted octanol–water partition coefficient (Wildman–Crippen LogP) is 38.8. The summed E-state index contributed by atoms with van der Waals surface area (Å²) >= 11 is 0. The molecule has 4 aliphatic carbocycles. The zero-order valence-electron chi connectivity index (χ0n) is 81.0. The lowest BCUT2D eigenvalue weighted by atomic mass is 9.80. The van der Waals surface area contributed by atoms with Crippen LogP contribution in [0.15, 0.2) is 431 Å². The van der Waals surface area contributed by atoms with Crippen LogP contribution in [0.25, 0.3) is 241 Å². The second kappa shape index (κ2) is 30.7. The van der Waals surface area contributed by atoms with Gasteiger partial charge in [-0.1, -0.05) is 470 Å². The Morgan fingerprint density at radius 1 is 0.136 bits per heavy atom. The summed E-state index contributed by atoms with van der Waals surface area (Å²) in [5, 5.41) is 26.6. The Hall–Kier alpha value is -16.1. The minimum atomic E-state index is -0.113. The maximum absolute atomic E-state index is 2.46. The fourth-order valence-corrected chi connectivity index (χ4v) is 25.4. The lowest BCUT2D eigenvalue weighted by Crippen LogP contribution is -2.15. The molecule has 25 aromatic carbocycles. The highest BCUT2D eigenvalue weighted by Gasteiger charge is 2.41. The van der Waals surface area contributed by atoms with E-state index in [9.17, 15) is 0 Å². The van der Waals surface area contributed by atoms with Crippen molar-refractivity contribution >= 4 is 108 Å². The standard InChI is InChI=1S/C56H46.C47H32.C37H26/c1-54(2,3)41-28-39-17-16-35-18-23-42(47-27-22-40(29-41)52(39)53(35)47)34-14-12-33(13-15-34)36-19-24-45-46-26-21-38(32-51(46)56(6,7)50(45)30-36)37-20-25-44-43-10-8-9-11-48(43)55(4,5)49(44)31-37;1-47(2)43-27-35(21-24-40(43)41-25-22-36(28-44(41)47)38-12-6-8-30-7-3-4-11-37(30)38)29-13-15-31(16-14-29)39-23-19-34-18-17-32-9-5-10-33-20-26-42(39)46(34)45(32)33;1-37(2)33-9-4-3-8-30(33)31-20-18-28(22-34(31)37)23-10-12-24(13-11-23)29-19-16-27-15-14-25-6-5-7-26-17-21-32(29)36(27)35(25)26/h8-32H,1-7H3;3-28H,1-2H3;3-22H,1-2H3. The van der Waals surface area contributed by atoms with Crippen molar-refractivity contribution in [3.63, 3.8) is 0 Å². The summed E-state index contributed by atoms with van der Waals surface area (Å²) in [6, 6.07) is 162. The summed E-state index contributed by atoms with van der Waals surface area (Å²) in [7, 11) is 0. The average molecular weight is 1790 g/mol. The highest BCUT2D eigenvalue weighted by molar-refractivity contribution is 6.28. The van der Waals surface area contributed by atoms with Gasteiger partial charge in [0.05, 0.1) is 0 Å². The van der Waals surface area contributed by atoms with E-state index in [0.717, 1.165) is 0 Å². The molecule has 0 radical (unpaired) electrons. The van der Waals surface area contributed by atoms with E-state index in [-0.39, 0.29) is 27.1 Å². The number of fused-ring (bicyclic) bond motifs is 13. The molecule has 0 spiro atoms. The van der Waals surface area contributed by atoms with Crippen molar-refractivity contribution in [3.8, 4) is 134 Å². The molecule has 29 rings (SSSR count). The first kappa shape index (κ1) is 83.3. The van der Waals surface area contributed by atoms with Gasteiger partial charge in [-0.25, -0.2) is 0 Å². The normalized spacial score (nSPS) is 14.2. The maximum Gasteiger partial charge on any atom is 0.0159 e. The lowest BCUT2D eigenvalue weighted by Gasteiger charge is -2.23. The van der Waals surface area contributed by atoms with Gasteiger partial charge in [0, 0.05) is 21.7 Å². The number of benzene rings is 25. The van der Waals surface area contributed by atoms with E-state index in [4.69, 9.17) is 0 Å². The highest BCUT2D eigenvalue weighted by atomic mass is 14.4. The summed E-state index contributed by atoms with van der Waals surface area (Å²) in [4.78, 5) is 0. The van der Waals surface area contributed by atoms with Crippen LogP contribution < -0.4 is 0 Å². The van der Waals surface area contributed by atoms with E-state index in [1.54, 1.807) is 0 Å². The van der Waals surface area contributed by atoms with E-state index in [0.29, 0.717) is 0 Å². The zero-order valence-corrected chi connectivity index (χ0v) is 81.0. The van der Waals surface area contributed by atoms with Crippen LogP contribution in [0.2, 0.25) is 0 Å². The van der Waals surface area contributed by atoms with Crippen LogP contribution in [0.5, 0.6) is 0 Å². The van der Waals surface area contributed by atoms with E-state index >= 15 is 0 Å². The minimum absolute atomic E-state index is 0.0124.